The molecule has 1 aromatic rings. The van der Waals surface area contributed by atoms with Gasteiger partial charge in [0.1, 0.15) is 0 Å². The number of rotatable bonds is 11. The Morgan fingerprint density at radius 3 is 2.50 bits per heavy atom. The van der Waals surface area contributed by atoms with Gasteiger partial charge >= 0.3 is 0 Å². The molecule has 1 saturated heterocycles. The number of hydrogen-bond acceptors (Lipinski definition) is 5. The van der Waals surface area contributed by atoms with Crippen LogP contribution in [-0.2, 0) is 5.60 Å². The zero-order valence-corrected chi connectivity index (χ0v) is 17.6. The van der Waals surface area contributed by atoms with Gasteiger partial charge in [-0.15, -0.1) is 0 Å². The number of likely N-dealkylation sites (tertiary alicyclic amines) is 1. The first-order valence-electron chi connectivity index (χ1n) is 9.82. The molecule has 1 aliphatic rings. The molecule has 0 amide bonds. The van der Waals surface area contributed by atoms with E-state index >= 15 is 0 Å². The van der Waals surface area contributed by atoms with E-state index in [4.69, 9.17) is 11.6 Å². The van der Waals surface area contributed by atoms with Crippen molar-refractivity contribution in [2.45, 2.75) is 31.8 Å². The van der Waals surface area contributed by atoms with E-state index in [1.165, 1.54) is 6.42 Å². The van der Waals surface area contributed by atoms with Crippen LogP contribution in [0.5, 0.6) is 0 Å². The number of likely N-dealkylation sites (N-methyl/N-ethyl adjacent to an activating group) is 1. The average Bonchev–Trinajstić information content (AvgIpc) is 2.64. The lowest BCUT2D eigenvalue weighted by molar-refractivity contribution is -0.0263. The SMILES string of the molecule is CCNCCN(CCS)CCCN1CCC(O)(c2ccc(Cl)cc2)CC1. The number of nitrogens with one attached hydrogen (secondary N) is 1. The molecule has 1 fully saturated rings. The summed E-state index contributed by atoms with van der Waals surface area (Å²) in [5.74, 6) is 0.907. The molecule has 1 aromatic carbocycles. The fourth-order valence-electron chi connectivity index (χ4n) is 3.60. The van der Waals surface area contributed by atoms with Crippen LogP contribution in [0.1, 0.15) is 31.7 Å². The molecule has 4 nitrogen and oxygen atoms in total. The largest absolute Gasteiger partial charge is 0.385 e. The molecule has 0 radical (unpaired) electrons. The minimum absolute atomic E-state index is 0.703. The number of thiol groups is 1. The Labute approximate surface area is 169 Å². The predicted molar refractivity (Wildman–Crippen MR) is 114 cm³/mol. The van der Waals surface area contributed by atoms with Crippen molar-refractivity contribution >= 4 is 24.2 Å². The lowest BCUT2D eigenvalue weighted by Crippen LogP contribution is -2.43. The van der Waals surface area contributed by atoms with Crippen LogP contribution in [0.4, 0.5) is 0 Å². The van der Waals surface area contributed by atoms with Crippen LogP contribution < -0.4 is 5.32 Å². The van der Waals surface area contributed by atoms with E-state index in [1.54, 1.807) is 0 Å². The molecule has 2 N–H and O–H groups in total. The van der Waals surface area contributed by atoms with E-state index in [2.05, 4.69) is 34.7 Å². The van der Waals surface area contributed by atoms with Crippen LogP contribution in [0.3, 0.4) is 0 Å². The normalized spacial score (nSPS) is 17.7. The van der Waals surface area contributed by atoms with E-state index in [9.17, 15) is 5.11 Å². The van der Waals surface area contributed by atoms with Crippen molar-refractivity contribution in [1.82, 2.24) is 15.1 Å². The molecule has 0 spiro atoms. The topological polar surface area (TPSA) is 38.7 Å². The highest BCUT2D eigenvalue weighted by Crippen LogP contribution is 2.33. The standard InChI is InChI=1S/C20H34ClN3OS/c1-2-22-10-15-24(16-17-26)12-3-11-23-13-8-20(25,9-14-23)18-4-6-19(21)7-5-18/h4-7,22,25-26H,2-3,8-17H2,1H3. The van der Waals surface area contributed by atoms with Gasteiger partial charge in [-0.3, -0.25) is 0 Å². The van der Waals surface area contributed by atoms with Gasteiger partial charge in [-0.25, -0.2) is 0 Å². The third-order valence-electron chi connectivity index (χ3n) is 5.28. The van der Waals surface area contributed by atoms with Gasteiger partial charge in [-0.2, -0.15) is 12.6 Å². The molecule has 0 saturated carbocycles. The van der Waals surface area contributed by atoms with Crippen molar-refractivity contribution in [2.24, 2.45) is 0 Å². The van der Waals surface area contributed by atoms with E-state index in [0.29, 0.717) is 0 Å². The van der Waals surface area contributed by atoms with Crippen LogP contribution in [0.2, 0.25) is 5.02 Å². The van der Waals surface area contributed by atoms with Crippen molar-refractivity contribution in [2.75, 3.05) is 58.1 Å². The molecule has 0 aromatic heterocycles. The molecular formula is C20H34ClN3OS. The second-order valence-electron chi connectivity index (χ2n) is 7.15. The minimum Gasteiger partial charge on any atom is -0.385 e. The Bertz CT molecular complexity index is 506. The summed E-state index contributed by atoms with van der Waals surface area (Å²) in [6.07, 6.45) is 2.74. The van der Waals surface area contributed by atoms with E-state index in [-0.39, 0.29) is 0 Å². The molecule has 0 bridgehead atoms. The molecule has 148 valence electrons. The highest BCUT2D eigenvalue weighted by atomic mass is 35.5. The van der Waals surface area contributed by atoms with Crippen LogP contribution in [0.15, 0.2) is 24.3 Å². The zero-order valence-electron chi connectivity index (χ0n) is 16.0. The summed E-state index contributed by atoms with van der Waals surface area (Å²) in [7, 11) is 0. The van der Waals surface area contributed by atoms with Gasteiger partial charge in [0.2, 0.25) is 0 Å². The van der Waals surface area contributed by atoms with E-state index in [0.717, 1.165) is 81.5 Å². The summed E-state index contributed by atoms with van der Waals surface area (Å²) in [6.45, 7) is 10.5. The fourth-order valence-corrected chi connectivity index (χ4v) is 4.01. The van der Waals surface area contributed by atoms with Gasteiger partial charge in [0.05, 0.1) is 5.60 Å². The van der Waals surface area contributed by atoms with Gasteiger partial charge in [0.25, 0.3) is 0 Å². The Hall–Kier alpha value is -0.300. The number of benzene rings is 1. The van der Waals surface area contributed by atoms with Crippen molar-refractivity contribution in [3.8, 4) is 0 Å². The van der Waals surface area contributed by atoms with Crippen LogP contribution >= 0.6 is 24.2 Å². The number of hydrogen-bond donors (Lipinski definition) is 3. The predicted octanol–water partition coefficient (Wildman–Crippen LogP) is 2.85. The molecule has 26 heavy (non-hydrogen) atoms. The highest BCUT2D eigenvalue weighted by Gasteiger charge is 2.33. The third kappa shape index (κ3) is 7.02. The number of nitrogens with zero attached hydrogens (tertiary/aromatic N) is 2. The lowest BCUT2D eigenvalue weighted by Gasteiger charge is -2.38. The first kappa shape index (κ1) is 22.0. The quantitative estimate of drug-likeness (QED) is 0.395. The van der Waals surface area contributed by atoms with Crippen molar-refractivity contribution in [1.29, 1.82) is 0 Å². The number of piperidine rings is 1. The van der Waals surface area contributed by atoms with Gasteiger partial charge in [0.15, 0.2) is 0 Å². The Morgan fingerprint density at radius 1 is 1.19 bits per heavy atom. The second kappa shape index (κ2) is 11.5. The summed E-state index contributed by atoms with van der Waals surface area (Å²) >= 11 is 10.3. The fraction of sp³-hybridized carbons (Fsp3) is 0.700. The second-order valence-corrected chi connectivity index (χ2v) is 8.04. The summed E-state index contributed by atoms with van der Waals surface area (Å²) in [5, 5.41) is 15.1. The zero-order chi connectivity index (χ0) is 18.8. The Kier molecular flexibility index (Phi) is 9.75. The molecule has 0 unspecified atom stereocenters. The third-order valence-corrected chi connectivity index (χ3v) is 5.74. The van der Waals surface area contributed by atoms with Crippen molar-refractivity contribution in [3.05, 3.63) is 34.9 Å². The maximum atomic E-state index is 11.0. The van der Waals surface area contributed by atoms with Gasteiger partial charge in [-0.05, 0) is 56.6 Å². The molecule has 1 heterocycles. The number of halogens is 1. The molecule has 0 atom stereocenters. The highest BCUT2D eigenvalue weighted by molar-refractivity contribution is 7.80. The lowest BCUT2D eigenvalue weighted by atomic mass is 9.84. The summed E-state index contributed by atoms with van der Waals surface area (Å²) in [6, 6.07) is 7.64. The van der Waals surface area contributed by atoms with Crippen LogP contribution in [0.25, 0.3) is 0 Å². The maximum absolute atomic E-state index is 11.0. The van der Waals surface area contributed by atoms with Crippen LogP contribution in [0, 0.1) is 0 Å². The van der Waals surface area contributed by atoms with Crippen molar-refractivity contribution in [3.63, 3.8) is 0 Å². The van der Waals surface area contributed by atoms with E-state index < -0.39 is 5.60 Å². The Morgan fingerprint density at radius 2 is 1.88 bits per heavy atom. The Balaban J connectivity index is 1.71. The van der Waals surface area contributed by atoms with Gasteiger partial charge < -0.3 is 20.2 Å². The van der Waals surface area contributed by atoms with E-state index in [1.807, 2.05) is 24.3 Å². The van der Waals surface area contributed by atoms with Gasteiger partial charge in [0, 0.05) is 43.5 Å². The summed E-state index contributed by atoms with van der Waals surface area (Å²) in [5.41, 5.74) is 0.287. The maximum Gasteiger partial charge on any atom is 0.0920 e. The monoisotopic (exact) mass is 399 g/mol. The number of aliphatic hydroxyl groups is 1. The average molecular weight is 400 g/mol. The minimum atomic E-state index is -0.703. The smallest absolute Gasteiger partial charge is 0.0920 e. The first-order valence-corrected chi connectivity index (χ1v) is 10.8. The van der Waals surface area contributed by atoms with Gasteiger partial charge in [-0.1, -0.05) is 30.7 Å². The first-order chi connectivity index (χ1) is 12.6. The molecule has 1 aliphatic heterocycles. The summed E-state index contributed by atoms with van der Waals surface area (Å²) in [4.78, 5) is 4.97. The summed E-state index contributed by atoms with van der Waals surface area (Å²) < 4.78 is 0. The molecular weight excluding hydrogens is 366 g/mol. The molecule has 0 aliphatic carbocycles. The van der Waals surface area contributed by atoms with Crippen LogP contribution in [-0.4, -0.2) is 73.0 Å². The van der Waals surface area contributed by atoms with Crippen molar-refractivity contribution < 1.29 is 5.11 Å². The molecule has 2 rings (SSSR count). The molecule has 6 heteroatoms.